The summed E-state index contributed by atoms with van der Waals surface area (Å²) >= 11 is 0. The number of H-pyrrole nitrogens is 1. The Balaban J connectivity index is 1.67. The van der Waals surface area contributed by atoms with E-state index in [1.54, 1.807) is 24.3 Å². The number of rotatable bonds is 6. The van der Waals surface area contributed by atoms with Gasteiger partial charge in [0.2, 0.25) is 0 Å². The lowest BCUT2D eigenvalue weighted by Crippen LogP contribution is -2.65. The normalized spacial score (nSPS) is 25.6. The van der Waals surface area contributed by atoms with Gasteiger partial charge in [0.15, 0.2) is 18.4 Å². The van der Waals surface area contributed by atoms with Gasteiger partial charge in [-0.05, 0) is 31.2 Å². The van der Waals surface area contributed by atoms with Crippen LogP contribution in [0.5, 0.6) is 0 Å². The zero-order chi connectivity index (χ0) is 25.9. The molecule has 0 spiro atoms. The summed E-state index contributed by atoms with van der Waals surface area (Å²) in [6, 6.07) is 14.7. The van der Waals surface area contributed by atoms with Crippen molar-refractivity contribution in [2.24, 2.45) is 0 Å². The van der Waals surface area contributed by atoms with Gasteiger partial charge in [0.05, 0.1) is 23.8 Å². The van der Waals surface area contributed by atoms with Crippen LogP contribution in [0.3, 0.4) is 0 Å². The third-order valence-corrected chi connectivity index (χ3v) is 5.87. The molecule has 0 amide bonds. The van der Waals surface area contributed by atoms with E-state index in [-0.39, 0.29) is 11.1 Å². The maximum absolute atomic E-state index is 16.4. The average Bonchev–Trinajstić information content (AvgIpc) is 2.87. The first-order chi connectivity index (χ1) is 17.1. The van der Waals surface area contributed by atoms with E-state index in [2.05, 4.69) is 0 Å². The smallest absolute Gasteiger partial charge is 0.338 e. The Morgan fingerprint density at radius 1 is 1.00 bits per heavy atom. The zero-order valence-corrected chi connectivity index (χ0v) is 19.1. The molecular formula is C25H22F2N2O7. The van der Waals surface area contributed by atoms with Crippen LogP contribution in [0.1, 0.15) is 33.7 Å². The Kier molecular flexibility index (Phi) is 6.84. The molecule has 1 N–H and O–H groups in total. The van der Waals surface area contributed by atoms with Crippen molar-refractivity contribution in [3.63, 3.8) is 0 Å². The van der Waals surface area contributed by atoms with Gasteiger partial charge in [-0.3, -0.25) is 14.3 Å². The summed E-state index contributed by atoms with van der Waals surface area (Å²) in [5.41, 5.74) is -4.29. The molecular weight excluding hydrogens is 478 g/mol. The van der Waals surface area contributed by atoms with Crippen molar-refractivity contribution in [2.45, 2.75) is 30.6 Å². The van der Waals surface area contributed by atoms with Crippen LogP contribution in [0, 0.1) is 0 Å². The first kappa shape index (κ1) is 25.0. The molecule has 0 bridgehead atoms. The summed E-state index contributed by atoms with van der Waals surface area (Å²) in [6.45, 7) is -0.855. The SMILES string of the molecule is C[C@]1(F)C(n2ccc(=O)[nH]c2=O)CO[C@](F)(COC(=O)c2ccccc2)[C@H]1OC(=O)c1ccccc1. The van der Waals surface area contributed by atoms with Crippen molar-refractivity contribution in [2.75, 3.05) is 13.2 Å². The van der Waals surface area contributed by atoms with Gasteiger partial charge in [-0.15, -0.1) is 0 Å². The fraction of sp³-hybridized carbons (Fsp3) is 0.280. The van der Waals surface area contributed by atoms with Gasteiger partial charge < -0.3 is 14.2 Å². The van der Waals surface area contributed by atoms with Crippen LogP contribution in [0.2, 0.25) is 0 Å². The Hall–Kier alpha value is -4.12. The van der Waals surface area contributed by atoms with E-state index in [0.717, 1.165) is 23.8 Å². The number of aromatic amines is 1. The van der Waals surface area contributed by atoms with E-state index in [4.69, 9.17) is 14.2 Å². The molecule has 0 saturated carbocycles. The maximum atomic E-state index is 16.4. The molecule has 1 unspecified atom stereocenters. The van der Waals surface area contributed by atoms with Crippen LogP contribution < -0.4 is 11.2 Å². The minimum atomic E-state index is -3.10. The van der Waals surface area contributed by atoms with Gasteiger partial charge >= 0.3 is 17.6 Å². The summed E-state index contributed by atoms with van der Waals surface area (Å²) in [5.74, 6) is -5.05. The van der Waals surface area contributed by atoms with Crippen LogP contribution >= 0.6 is 0 Å². The van der Waals surface area contributed by atoms with E-state index >= 15 is 8.78 Å². The summed E-state index contributed by atoms with van der Waals surface area (Å²) in [7, 11) is 0. The summed E-state index contributed by atoms with van der Waals surface area (Å²) in [6.07, 6.45) is -1.23. The van der Waals surface area contributed by atoms with Gasteiger partial charge in [-0.2, -0.15) is 0 Å². The highest BCUT2D eigenvalue weighted by atomic mass is 19.2. The number of carbonyl (C=O) groups is 2. The molecule has 1 fully saturated rings. The molecule has 9 nitrogen and oxygen atoms in total. The van der Waals surface area contributed by atoms with Crippen LogP contribution in [-0.2, 0) is 14.2 Å². The number of hydrogen-bond acceptors (Lipinski definition) is 7. The first-order valence-electron chi connectivity index (χ1n) is 10.9. The molecule has 11 heteroatoms. The highest BCUT2D eigenvalue weighted by Crippen LogP contribution is 2.44. The van der Waals surface area contributed by atoms with E-state index in [1.165, 1.54) is 36.4 Å². The second kappa shape index (κ2) is 9.86. The lowest BCUT2D eigenvalue weighted by Gasteiger charge is -2.47. The number of esters is 2. The van der Waals surface area contributed by atoms with Gasteiger partial charge in [-0.25, -0.2) is 23.2 Å². The standard InChI is InChI=1S/C25H22F2N2O7/c1-24(26)18(29-13-12-19(30)28-23(29)33)14-35-25(27,15-34-20(31)16-8-4-2-5-9-16)22(24)36-21(32)17-10-6-3-7-11-17/h2-13,18,22H,14-15H2,1H3,(H,28,30,33)/t18?,22-,24-,25+/m0/s1. The number of nitrogens with zero attached hydrogens (tertiary/aromatic N) is 1. The molecule has 1 aromatic heterocycles. The van der Waals surface area contributed by atoms with E-state index < -0.39 is 60.1 Å². The van der Waals surface area contributed by atoms with E-state index in [0.29, 0.717) is 0 Å². The Morgan fingerprint density at radius 3 is 2.17 bits per heavy atom. The summed E-state index contributed by atoms with van der Waals surface area (Å²) in [4.78, 5) is 50.9. The predicted octanol–water partition coefficient (Wildman–Crippen LogP) is 2.58. The van der Waals surface area contributed by atoms with Crippen molar-refractivity contribution in [3.05, 3.63) is 105 Å². The quantitative estimate of drug-likeness (QED) is 0.517. The monoisotopic (exact) mass is 500 g/mol. The molecule has 36 heavy (non-hydrogen) atoms. The highest BCUT2D eigenvalue weighted by molar-refractivity contribution is 5.90. The van der Waals surface area contributed by atoms with Crippen LogP contribution in [0.4, 0.5) is 8.78 Å². The van der Waals surface area contributed by atoms with Crippen molar-refractivity contribution in [1.29, 1.82) is 0 Å². The van der Waals surface area contributed by atoms with Crippen molar-refractivity contribution in [1.82, 2.24) is 9.55 Å². The Morgan fingerprint density at radius 2 is 1.58 bits per heavy atom. The van der Waals surface area contributed by atoms with E-state index in [1.807, 2.05) is 4.98 Å². The van der Waals surface area contributed by atoms with Crippen molar-refractivity contribution < 1.29 is 32.6 Å². The summed E-state index contributed by atoms with van der Waals surface area (Å²) in [5, 5.41) is 0. The Bertz CT molecular complexity index is 1360. The number of alkyl halides is 2. The fourth-order valence-corrected chi connectivity index (χ4v) is 3.97. The number of ether oxygens (including phenoxy) is 3. The first-order valence-corrected chi connectivity index (χ1v) is 10.9. The molecule has 4 atom stereocenters. The lowest BCUT2D eigenvalue weighted by atomic mass is 9.85. The molecule has 0 radical (unpaired) electrons. The molecule has 0 aliphatic carbocycles. The number of halogens is 2. The second-order valence-electron chi connectivity index (χ2n) is 8.38. The largest absolute Gasteiger partial charge is 0.456 e. The number of aromatic nitrogens is 2. The molecule has 3 aromatic rings. The summed E-state index contributed by atoms with van der Waals surface area (Å²) < 4.78 is 49.0. The Labute approximate surface area is 203 Å². The molecule has 1 aliphatic heterocycles. The number of carbonyl (C=O) groups excluding carboxylic acids is 2. The van der Waals surface area contributed by atoms with Gasteiger partial charge in [0.25, 0.3) is 11.4 Å². The minimum absolute atomic E-state index is 0.0141. The van der Waals surface area contributed by atoms with Crippen LogP contribution in [-0.4, -0.2) is 52.3 Å². The number of nitrogens with one attached hydrogen (secondary N) is 1. The van der Waals surface area contributed by atoms with Crippen LogP contribution in [0.25, 0.3) is 0 Å². The van der Waals surface area contributed by atoms with Gasteiger partial charge in [0, 0.05) is 12.3 Å². The maximum Gasteiger partial charge on any atom is 0.338 e. The second-order valence-corrected chi connectivity index (χ2v) is 8.38. The van der Waals surface area contributed by atoms with Crippen molar-refractivity contribution >= 4 is 11.9 Å². The molecule has 2 aromatic carbocycles. The number of benzene rings is 2. The number of hydrogen-bond donors (Lipinski definition) is 1. The van der Waals surface area contributed by atoms with E-state index in [9.17, 15) is 19.2 Å². The third kappa shape index (κ3) is 4.96. The minimum Gasteiger partial charge on any atom is -0.456 e. The molecule has 2 heterocycles. The third-order valence-electron chi connectivity index (χ3n) is 5.87. The van der Waals surface area contributed by atoms with Crippen molar-refractivity contribution in [3.8, 4) is 0 Å². The molecule has 1 saturated heterocycles. The van der Waals surface area contributed by atoms with Crippen LogP contribution in [0.15, 0.2) is 82.5 Å². The lowest BCUT2D eigenvalue weighted by molar-refractivity contribution is -0.296. The van der Waals surface area contributed by atoms with Gasteiger partial charge in [0.1, 0.15) is 0 Å². The fourth-order valence-electron chi connectivity index (χ4n) is 3.97. The zero-order valence-electron chi connectivity index (χ0n) is 19.1. The van der Waals surface area contributed by atoms with Gasteiger partial charge in [-0.1, -0.05) is 36.4 Å². The molecule has 4 rings (SSSR count). The molecule has 1 aliphatic rings. The topological polar surface area (TPSA) is 117 Å². The average molecular weight is 500 g/mol. The molecule has 188 valence electrons. The highest BCUT2D eigenvalue weighted by Gasteiger charge is 2.63. The predicted molar refractivity (Wildman–Crippen MR) is 122 cm³/mol.